The minimum atomic E-state index is -1.12. The number of ketones is 1. The van der Waals surface area contributed by atoms with Crippen LogP contribution in [0.2, 0.25) is 10.0 Å². The number of nitrogens with zero attached hydrogens (tertiary/aromatic N) is 2. The standard InChI is InChI=1S/C33H26Cl2N2O6S/c1-4-15-42-32(41)30-19(3)36-33(44-30)37-27(21-11-14-24(34)25(35)16-21)26(29(39)31(37)40)28(38)20-9-12-23(13-10-20)43-17-22-8-6-5-7-18(22)2/h4-14,16,27,38H,1,15,17H2,2-3H3. The number of esters is 1. The first-order valence-electron chi connectivity index (χ1n) is 13.4. The first-order valence-corrected chi connectivity index (χ1v) is 15.0. The first kappa shape index (κ1) is 31.0. The molecule has 0 saturated carbocycles. The number of carbonyl (C=O) groups excluding carboxylic acids is 3. The topological polar surface area (TPSA) is 106 Å². The molecule has 0 radical (unpaired) electrons. The monoisotopic (exact) mass is 648 g/mol. The van der Waals surface area contributed by atoms with E-state index in [1.807, 2.05) is 31.2 Å². The van der Waals surface area contributed by atoms with Crippen molar-refractivity contribution in [2.24, 2.45) is 0 Å². The molecule has 4 aromatic rings. The molecule has 1 unspecified atom stereocenters. The fourth-order valence-electron chi connectivity index (χ4n) is 4.70. The van der Waals surface area contributed by atoms with Gasteiger partial charge in [0.25, 0.3) is 5.78 Å². The zero-order valence-corrected chi connectivity index (χ0v) is 26.0. The molecule has 2 heterocycles. The summed E-state index contributed by atoms with van der Waals surface area (Å²) >= 11 is 13.4. The summed E-state index contributed by atoms with van der Waals surface area (Å²) in [6, 6.07) is 18.0. The van der Waals surface area contributed by atoms with Crippen LogP contribution in [0.3, 0.4) is 0 Å². The number of rotatable bonds is 9. The second-order valence-corrected chi connectivity index (χ2v) is 11.7. The number of aliphatic hydroxyl groups excluding tert-OH is 1. The van der Waals surface area contributed by atoms with Gasteiger partial charge in [0.1, 0.15) is 29.6 Å². The fourth-order valence-corrected chi connectivity index (χ4v) is 5.99. The van der Waals surface area contributed by atoms with E-state index in [1.54, 1.807) is 37.3 Å². The Hall–Kier alpha value is -4.44. The van der Waals surface area contributed by atoms with Crippen molar-refractivity contribution in [3.8, 4) is 5.75 Å². The Morgan fingerprint density at radius 2 is 1.80 bits per heavy atom. The lowest BCUT2D eigenvalue weighted by Gasteiger charge is -2.23. The van der Waals surface area contributed by atoms with Crippen molar-refractivity contribution in [1.29, 1.82) is 0 Å². The number of aromatic nitrogens is 1. The quantitative estimate of drug-likeness (QED) is 0.0654. The van der Waals surface area contributed by atoms with Gasteiger partial charge in [0.05, 0.1) is 27.4 Å². The summed E-state index contributed by atoms with van der Waals surface area (Å²) in [6.07, 6.45) is 1.43. The second kappa shape index (κ2) is 13.1. The average Bonchev–Trinajstić information content (AvgIpc) is 3.52. The Bertz CT molecular complexity index is 1820. The Labute approximate surface area is 267 Å². The molecule has 224 valence electrons. The number of thiazole rings is 1. The normalized spacial score (nSPS) is 15.8. The van der Waals surface area contributed by atoms with Crippen molar-refractivity contribution in [3.63, 3.8) is 0 Å². The highest BCUT2D eigenvalue weighted by molar-refractivity contribution is 7.17. The molecule has 1 fully saturated rings. The molecule has 1 amide bonds. The van der Waals surface area contributed by atoms with Gasteiger partial charge in [-0.1, -0.05) is 77.5 Å². The maximum atomic E-state index is 13.5. The van der Waals surface area contributed by atoms with Crippen LogP contribution < -0.4 is 9.64 Å². The number of Topliss-reactive ketones (excluding diaryl/α,β-unsaturated/α-hetero) is 1. The summed E-state index contributed by atoms with van der Waals surface area (Å²) in [5.41, 5.74) is 2.98. The summed E-state index contributed by atoms with van der Waals surface area (Å²) in [5, 5.41) is 12.0. The molecule has 1 N–H and O–H groups in total. The summed E-state index contributed by atoms with van der Waals surface area (Å²) < 4.78 is 11.1. The van der Waals surface area contributed by atoms with Gasteiger partial charge in [0.2, 0.25) is 0 Å². The molecule has 1 aliphatic heterocycles. The van der Waals surface area contributed by atoms with E-state index in [1.165, 1.54) is 18.2 Å². The lowest BCUT2D eigenvalue weighted by atomic mass is 9.95. The van der Waals surface area contributed by atoms with Crippen molar-refractivity contribution in [2.75, 3.05) is 11.5 Å². The third-order valence-electron chi connectivity index (χ3n) is 7.00. The molecule has 0 bridgehead atoms. The third-order valence-corrected chi connectivity index (χ3v) is 8.87. The van der Waals surface area contributed by atoms with Crippen LogP contribution in [-0.2, 0) is 20.9 Å². The Morgan fingerprint density at radius 3 is 2.48 bits per heavy atom. The number of ether oxygens (including phenoxy) is 2. The van der Waals surface area contributed by atoms with Crippen LogP contribution in [0, 0.1) is 13.8 Å². The molecule has 8 nitrogen and oxygen atoms in total. The summed E-state index contributed by atoms with van der Waals surface area (Å²) in [5.74, 6) is -2.34. The van der Waals surface area contributed by atoms with Crippen LogP contribution in [0.25, 0.3) is 5.76 Å². The highest BCUT2D eigenvalue weighted by Crippen LogP contribution is 2.45. The maximum absolute atomic E-state index is 13.5. The molecule has 1 atom stereocenters. The maximum Gasteiger partial charge on any atom is 0.350 e. The van der Waals surface area contributed by atoms with Crippen molar-refractivity contribution in [1.82, 2.24) is 4.98 Å². The predicted molar refractivity (Wildman–Crippen MR) is 171 cm³/mol. The van der Waals surface area contributed by atoms with E-state index in [0.29, 0.717) is 29.2 Å². The predicted octanol–water partition coefficient (Wildman–Crippen LogP) is 7.61. The number of anilines is 1. The summed E-state index contributed by atoms with van der Waals surface area (Å²) in [7, 11) is 0. The summed E-state index contributed by atoms with van der Waals surface area (Å²) in [4.78, 5) is 45.4. The lowest BCUT2D eigenvalue weighted by Crippen LogP contribution is -2.29. The van der Waals surface area contributed by atoms with E-state index in [4.69, 9.17) is 32.7 Å². The number of benzene rings is 3. The van der Waals surface area contributed by atoms with Crippen LogP contribution in [0.15, 0.2) is 85.0 Å². The number of hydrogen-bond donors (Lipinski definition) is 1. The first-order chi connectivity index (χ1) is 21.1. The number of halogens is 2. The Kier molecular flexibility index (Phi) is 9.20. The van der Waals surface area contributed by atoms with E-state index >= 15 is 0 Å². The van der Waals surface area contributed by atoms with Gasteiger partial charge in [-0.15, -0.1) is 0 Å². The lowest BCUT2D eigenvalue weighted by molar-refractivity contribution is -0.132. The second-order valence-electron chi connectivity index (χ2n) is 9.88. The number of amides is 1. The summed E-state index contributed by atoms with van der Waals surface area (Å²) in [6.45, 7) is 7.49. The smallest absolute Gasteiger partial charge is 0.350 e. The van der Waals surface area contributed by atoms with E-state index in [2.05, 4.69) is 11.6 Å². The minimum absolute atomic E-state index is 0.00494. The number of carbonyl (C=O) groups is 3. The van der Waals surface area contributed by atoms with Gasteiger partial charge in [0.15, 0.2) is 5.13 Å². The Balaban J connectivity index is 1.54. The number of aryl methyl sites for hydroxylation is 2. The van der Waals surface area contributed by atoms with Crippen LogP contribution in [-0.4, -0.2) is 34.4 Å². The van der Waals surface area contributed by atoms with Crippen molar-refractivity contribution in [2.45, 2.75) is 26.5 Å². The van der Waals surface area contributed by atoms with Crippen molar-refractivity contribution < 1.29 is 29.0 Å². The highest BCUT2D eigenvalue weighted by atomic mass is 35.5. The van der Waals surface area contributed by atoms with Crippen molar-refractivity contribution in [3.05, 3.63) is 128 Å². The molecular formula is C33H26Cl2N2O6S. The van der Waals surface area contributed by atoms with E-state index in [-0.39, 0.29) is 32.2 Å². The molecule has 5 rings (SSSR count). The zero-order chi connectivity index (χ0) is 31.5. The fraction of sp³-hybridized carbons (Fsp3) is 0.152. The molecule has 1 aromatic heterocycles. The third kappa shape index (κ3) is 6.12. The Morgan fingerprint density at radius 1 is 1.07 bits per heavy atom. The van der Waals surface area contributed by atoms with Crippen molar-refractivity contribution >= 4 is 63.1 Å². The van der Waals surface area contributed by atoms with Crippen LogP contribution in [0.5, 0.6) is 5.75 Å². The largest absolute Gasteiger partial charge is 0.507 e. The molecule has 11 heteroatoms. The van der Waals surface area contributed by atoms with Gasteiger partial charge < -0.3 is 14.6 Å². The highest BCUT2D eigenvalue weighted by Gasteiger charge is 2.48. The molecule has 44 heavy (non-hydrogen) atoms. The molecular weight excluding hydrogens is 623 g/mol. The van der Waals surface area contributed by atoms with Gasteiger partial charge in [-0.25, -0.2) is 9.78 Å². The number of aliphatic hydroxyl groups is 1. The molecule has 1 saturated heterocycles. The van der Waals surface area contributed by atoms with E-state index in [0.717, 1.165) is 27.4 Å². The molecule has 0 spiro atoms. The van der Waals surface area contributed by atoms with Gasteiger partial charge in [-0.05, 0) is 66.9 Å². The van der Waals surface area contributed by atoms with Crippen LogP contribution in [0.4, 0.5) is 5.13 Å². The minimum Gasteiger partial charge on any atom is -0.507 e. The average molecular weight is 650 g/mol. The SMILES string of the molecule is C=CCOC(=O)c1sc(N2C(=O)C(=O)C(=C(O)c3ccc(OCc4ccccc4C)cc3)C2c2ccc(Cl)c(Cl)c2)nc1C. The van der Waals surface area contributed by atoms with Crippen LogP contribution in [0.1, 0.15) is 43.7 Å². The van der Waals surface area contributed by atoms with Gasteiger partial charge in [0, 0.05) is 5.56 Å². The van der Waals surface area contributed by atoms with Gasteiger partial charge in [-0.2, -0.15) is 0 Å². The zero-order valence-electron chi connectivity index (χ0n) is 23.7. The number of hydrogen-bond acceptors (Lipinski definition) is 8. The van der Waals surface area contributed by atoms with E-state index < -0.39 is 29.5 Å². The molecule has 1 aliphatic rings. The van der Waals surface area contributed by atoms with Crippen LogP contribution >= 0.6 is 34.5 Å². The van der Waals surface area contributed by atoms with Gasteiger partial charge >= 0.3 is 11.9 Å². The molecule has 3 aromatic carbocycles. The molecule has 0 aliphatic carbocycles. The van der Waals surface area contributed by atoms with Gasteiger partial charge in [-0.3, -0.25) is 14.5 Å². The van der Waals surface area contributed by atoms with E-state index in [9.17, 15) is 19.5 Å².